The number of ether oxygens (including phenoxy) is 1. The first-order chi connectivity index (χ1) is 15.1. The molecule has 0 radical (unpaired) electrons. The number of H-pyrrole nitrogens is 1. The summed E-state index contributed by atoms with van der Waals surface area (Å²) in [7, 11) is 1.33. The number of aromatic amines is 1. The number of hydrogen-bond donors (Lipinski definition) is 2. The summed E-state index contributed by atoms with van der Waals surface area (Å²) in [5.41, 5.74) is 3.17. The highest BCUT2D eigenvalue weighted by atomic mass is 16.5. The van der Waals surface area contributed by atoms with Crippen LogP contribution in [-0.4, -0.2) is 46.6 Å². The normalized spacial score (nSPS) is 19.9. The molecule has 7 nitrogen and oxygen atoms in total. The first kappa shape index (κ1) is 21.2. The van der Waals surface area contributed by atoms with Crippen LogP contribution in [0.5, 0.6) is 0 Å². The lowest BCUT2D eigenvalue weighted by Crippen LogP contribution is -2.52. The summed E-state index contributed by atoms with van der Waals surface area (Å²) in [6.07, 6.45) is 10.4. The van der Waals surface area contributed by atoms with Crippen LogP contribution in [0.1, 0.15) is 49.5 Å². The number of nitrogens with zero attached hydrogens (tertiary/aromatic N) is 2. The number of imidazole rings is 1. The number of nitrogens with one attached hydrogen (secondary N) is 2. The molecule has 0 unspecified atom stereocenters. The van der Waals surface area contributed by atoms with Crippen LogP contribution in [0.3, 0.4) is 0 Å². The Bertz CT molecular complexity index is 944. The molecular formula is C24H30N4O3. The molecule has 1 fully saturated rings. The molecule has 2 N–H and O–H groups in total. The van der Waals surface area contributed by atoms with Gasteiger partial charge < -0.3 is 19.9 Å². The zero-order valence-corrected chi connectivity index (χ0v) is 18.1. The average Bonchev–Trinajstić information content (AvgIpc) is 3.47. The van der Waals surface area contributed by atoms with Crippen LogP contribution in [0.4, 0.5) is 4.79 Å². The zero-order chi connectivity index (χ0) is 21.8. The summed E-state index contributed by atoms with van der Waals surface area (Å²) in [4.78, 5) is 35.3. The highest BCUT2D eigenvalue weighted by Crippen LogP contribution is 2.32. The Morgan fingerprint density at radius 2 is 1.94 bits per heavy atom. The van der Waals surface area contributed by atoms with Gasteiger partial charge in [-0.3, -0.25) is 4.79 Å². The molecule has 31 heavy (non-hydrogen) atoms. The Labute approximate surface area is 182 Å². The number of methoxy groups -OCH3 is 1. The van der Waals surface area contributed by atoms with Crippen molar-refractivity contribution >= 4 is 12.0 Å². The van der Waals surface area contributed by atoms with Crippen molar-refractivity contribution in [1.82, 2.24) is 20.2 Å². The molecule has 0 saturated heterocycles. The third-order valence-electron chi connectivity index (χ3n) is 6.32. The number of carbonyl (C=O) groups is 2. The summed E-state index contributed by atoms with van der Waals surface area (Å²) >= 11 is 0. The number of benzene rings is 1. The number of aromatic nitrogens is 2. The van der Waals surface area contributed by atoms with Gasteiger partial charge in [-0.25, -0.2) is 9.78 Å². The highest BCUT2D eigenvalue weighted by molar-refractivity contribution is 5.87. The molecule has 1 saturated carbocycles. The Hall–Kier alpha value is -3.09. The molecule has 4 rings (SSSR count). The minimum atomic E-state index is -0.582. The molecule has 0 bridgehead atoms. The van der Waals surface area contributed by atoms with E-state index in [1.54, 1.807) is 11.1 Å². The standard InChI is InChI=1S/C24H30N4O3/c1-16-10-12-17(13-11-16)19-15-25-22(26-19)20-9-6-14-28(20)23(29)21(27-24(30)31-2)18-7-4-3-5-8-18/h6,9-13,15,18,20-21H,3-5,7-8,14H2,1-2H3,(H,25,26)(H,27,30)/t20-,21-/m0/s1. The molecule has 2 aromatic rings. The van der Waals surface area contributed by atoms with Crippen LogP contribution in [-0.2, 0) is 9.53 Å². The summed E-state index contributed by atoms with van der Waals surface area (Å²) in [5, 5.41) is 2.81. The van der Waals surface area contributed by atoms with Crippen molar-refractivity contribution < 1.29 is 14.3 Å². The monoisotopic (exact) mass is 422 g/mol. The maximum atomic E-state index is 13.6. The van der Waals surface area contributed by atoms with Crippen molar-refractivity contribution in [3.63, 3.8) is 0 Å². The third-order valence-corrected chi connectivity index (χ3v) is 6.32. The highest BCUT2D eigenvalue weighted by Gasteiger charge is 2.38. The van der Waals surface area contributed by atoms with Crippen molar-refractivity contribution in [3.05, 3.63) is 54.0 Å². The van der Waals surface area contributed by atoms with Gasteiger partial charge in [0.2, 0.25) is 5.91 Å². The molecule has 1 aliphatic carbocycles. The number of aryl methyl sites for hydroxylation is 1. The van der Waals surface area contributed by atoms with E-state index in [2.05, 4.69) is 46.5 Å². The SMILES string of the molecule is COC(=O)N[C@H](C(=O)N1CC=C[C@H]1c1ncc(-c2ccc(C)cc2)[nH]1)C1CCCCC1. The Kier molecular flexibility index (Phi) is 6.39. The van der Waals surface area contributed by atoms with Crippen LogP contribution >= 0.6 is 0 Å². The van der Waals surface area contributed by atoms with E-state index in [1.807, 2.05) is 12.2 Å². The summed E-state index contributed by atoms with van der Waals surface area (Å²) in [5.74, 6) is 0.764. The molecule has 164 valence electrons. The third kappa shape index (κ3) is 4.65. The van der Waals surface area contributed by atoms with Crippen molar-refractivity contribution in [2.45, 2.75) is 51.1 Å². The minimum absolute atomic E-state index is 0.0828. The lowest BCUT2D eigenvalue weighted by Gasteiger charge is -2.34. The van der Waals surface area contributed by atoms with E-state index in [9.17, 15) is 9.59 Å². The smallest absolute Gasteiger partial charge is 0.407 e. The Balaban J connectivity index is 1.54. The summed E-state index contributed by atoms with van der Waals surface area (Å²) in [6, 6.07) is 7.38. The minimum Gasteiger partial charge on any atom is -0.453 e. The second-order valence-corrected chi connectivity index (χ2v) is 8.42. The molecule has 1 aromatic carbocycles. The van der Waals surface area contributed by atoms with Crippen molar-refractivity contribution in [2.24, 2.45) is 5.92 Å². The van der Waals surface area contributed by atoms with E-state index in [-0.39, 0.29) is 17.9 Å². The van der Waals surface area contributed by atoms with Gasteiger partial charge in [0.25, 0.3) is 0 Å². The van der Waals surface area contributed by atoms with Gasteiger partial charge in [-0.15, -0.1) is 0 Å². The number of rotatable bonds is 5. The van der Waals surface area contributed by atoms with E-state index >= 15 is 0 Å². The van der Waals surface area contributed by atoms with Crippen LogP contribution in [0, 0.1) is 12.8 Å². The van der Waals surface area contributed by atoms with Crippen molar-refractivity contribution in [1.29, 1.82) is 0 Å². The number of carbonyl (C=O) groups excluding carboxylic acids is 2. The molecule has 2 atom stereocenters. The average molecular weight is 423 g/mol. The van der Waals surface area contributed by atoms with Crippen LogP contribution < -0.4 is 5.32 Å². The number of hydrogen-bond acceptors (Lipinski definition) is 4. The maximum Gasteiger partial charge on any atom is 0.407 e. The summed E-state index contributed by atoms with van der Waals surface area (Å²) in [6.45, 7) is 2.55. The van der Waals surface area contributed by atoms with E-state index in [4.69, 9.17) is 4.74 Å². The molecule has 2 aliphatic rings. The molecule has 7 heteroatoms. The fourth-order valence-corrected chi connectivity index (χ4v) is 4.57. The van der Waals surface area contributed by atoms with Gasteiger partial charge in [-0.2, -0.15) is 0 Å². The topological polar surface area (TPSA) is 87.3 Å². The van der Waals surface area contributed by atoms with E-state index in [0.717, 1.165) is 42.8 Å². The van der Waals surface area contributed by atoms with Gasteiger partial charge in [-0.1, -0.05) is 61.2 Å². The Morgan fingerprint density at radius 1 is 1.19 bits per heavy atom. The van der Waals surface area contributed by atoms with Gasteiger partial charge in [-0.05, 0) is 31.2 Å². The van der Waals surface area contributed by atoms with Crippen LogP contribution in [0.25, 0.3) is 11.3 Å². The maximum absolute atomic E-state index is 13.6. The summed E-state index contributed by atoms with van der Waals surface area (Å²) < 4.78 is 4.80. The predicted octanol–water partition coefficient (Wildman–Crippen LogP) is 4.13. The van der Waals surface area contributed by atoms with E-state index < -0.39 is 12.1 Å². The van der Waals surface area contributed by atoms with Gasteiger partial charge in [0.15, 0.2) is 0 Å². The first-order valence-corrected chi connectivity index (χ1v) is 11.0. The molecule has 2 amide bonds. The van der Waals surface area contributed by atoms with E-state index in [1.165, 1.54) is 19.1 Å². The second-order valence-electron chi connectivity index (χ2n) is 8.42. The van der Waals surface area contributed by atoms with E-state index in [0.29, 0.717) is 6.54 Å². The number of alkyl carbamates (subject to hydrolysis) is 1. The largest absolute Gasteiger partial charge is 0.453 e. The molecule has 1 aliphatic heterocycles. The fourth-order valence-electron chi connectivity index (χ4n) is 4.57. The second kappa shape index (κ2) is 9.37. The molecule has 1 aromatic heterocycles. The molecule has 0 spiro atoms. The predicted molar refractivity (Wildman–Crippen MR) is 118 cm³/mol. The van der Waals surface area contributed by atoms with Crippen molar-refractivity contribution in [3.8, 4) is 11.3 Å². The van der Waals surface area contributed by atoms with Crippen LogP contribution in [0.2, 0.25) is 0 Å². The van der Waals surface area contributed by atoms with Gasteiger partial charge >= 0.3 is 6.09 Å². The van der Waals surface area contributed by atoms with Gasteiger partial charge in [0, 0.05) is 6.54 Å². The quantitative estimate of drug-likeness (QED) is 0.710. The molecular weight excluding hydrogens is 392 g/mol. The lowest BCUT2D eigenvalue weighted by molar-refractivity contribution is -0.135. The van der Waals surface area contributed by atoms with Gasteiger partial charge in [0.1, 0.15) is 17.9 Å². The Morgan fingerprint density at radius 3 is 2.65 bits per heavy atom. The van der Waals surface area contributed by atoms with Crippen LogP contribution in [0.15, 0.2) is 42.6 Å². The lowest BCUT2D eigenvalue weighted by atomic mass is 9.83. The molecule has 2 heterocycles. The first-order valence-electron chi connectivity index (χ1n) is 11.0. The van der Waals surface area contributed by atoms with Crippen molar-refractivity contribution in [2.75, 3.05) is 13.7 Å². The fraction of sp³-hybridized carbons (Fsp3) is 0.458. The number of amides is 2. The zero-order valence-electron chi connectivity index (χ0n) is 18.1. The van der Waals surface area contributed by atoms with Gasteiger partial charge in [0.05, 0.1) is 19.0 Å².